The molecule has 2 N–H and O–H groups in total. The molecule has 6 rings (SSSR count). The van der Waals surface area contributed by atoms with Gasteiger partial charge in [-0.1, -0.05) is 23.7 Å². The summed E-state index contributed by atoms with van der Waals surface area (Å²) >= 11 is 6.05. The van der Waals surface area contributed by atoms with Gasteiger partial charge in [-0.2, -0.15) is 0 Å². The molecular weight excluding hydrogens is 642 g/mol. The highest BCUT2D eigenvalue weighted by molar-refractivity contribution is 6.35. The number of nitrogens with zero attached hydrogens (tertiary/aromatic N) is 3. The standard InChI is InChI=1S/C27H28N4O3.C11H10ClNO2/c1-17-9-10-19(29-27(32)18-7-6-8-20(13-18)31(2)3)14-23(17)30-22-11-12-28-24-16-26(34-5)25(33-4)15-21(22)24;1-14-10-5-7-8(12)3-4-13-9(7)6-11(10)15-2/h6-16H,1-5H3,(H,28,30)(H,29,32);3-6H,1-2H3. The van der Waals surface area contributed by atoms with Crippen LogP contribution in [0.25, 0.3) is 21.8 Å². The number of benzene rings is 4. The fourth-order valence-electron chi connectivity index (χ4n) is 5.13. The van der Waals surface area contributed by atoms with Crippen molar-refractivity contribution in [3.63, 3.8) is 0 Å². The van der Waals surface area contributed by atoms with Crippen molar-refractivity contribution in [2.24, 2.45) is 0 Å². The van der Waals surface area contributed by atoms with Gasteiger partial charge in [0.15, 0.2) is 23.0 Å². The summed E-state index contributed by atoms with van der Waals surface area (Å²) in [5.74, 6) is 2.40. The summed E-state index contributed by atoms with van der Waals surface area (Å²) in [6, 6.07) is 24.4. The van der Waals surface area contributed by atoms with Crippen LogP contribution in [-0.4, -0.2) is 58.4 Å². The van der Waals surface area contributed by atoms with Gasteiger partial charge >= 0.3 is 0 Å². The Balaban J connectivity index is 0.000000259. The number of amides is 1. The molecule has 0 atom stereocenters. The molecule has 49 heavy (non-hydrogen) atoms. The van der Waals surface area contributed by atoms with Gasteiger partial charge in [0.1, 0.15) is 0 Å². The zero-order valence-corrected chi connectivity index (χ0v) is 29.2. The highest BCUT2D eigenvalue weighted by Gasteiger charge is 2.13. The van der Waals surface area contributed by atoms with Crippen LogP contribution in [0.15, 0.2) is 91.3 Å². The van der Waals surface area contributed by atoms with Crippen LogP contribution in [-0.2, 0) is 0 Å². The third-order valence-electron chi connectivity index (χ3n) is 7.83. The van der Waals surface area contributed by atoms with Crippen LogP contribution >= 0.6 is 11.6 Å². The molecule has 0 aliphatic heterocycles. The molecule has 0 saturated heterocycles. The molecular formula is C38H38ClN5O5. The zero-order valence-electron chi connectivity index (χ0n) is 28.4. The van der Waals surface area contributed by atoms with Gasteiger partial charge in [0.25, 0.3) is 5.91 Å². The number of ether oxygens (including phenoxy) is 4. The van der Waals surface area contributed by atoms with Gasteiger partial charge in [-0.3, -0.25) is 14.8 Å². The van der Waals surface area contributed by atoms with Crippen LogP contribution in [0.1, 0.15) is 15.9 Å². The van der Waals surface area contributed by atoms with Crippen molar-refractivity contribution < 1.29 is 23.7 Å². The number of aryl methyl sites for hydroxylation is 1. The first-order chi connectivity index (χ1) is 23.6. The molecule has 0 radical (unpaired) electrons. The number of carbonyl (C=O) groups excluding carboxylic acids is 1. The number of hydrogen-bond donors (Lipinski definition) is 2. The van der Waals surface area contributed by atoms with E-state index in [0.717, 1.165) is 44.4 Å². The number of methoxy groups -OCH3 is 4. The molecule has 0 spiro atoms. The van der Waals surface area contributed by atoms with Crippen LogP contribution in [0.5, 0.6) is 23.0 Å². The molecule has 0 fully saturated rings. The van der Waals surface area contributed by atoms with Gasteiger partial charge in [-0.25, -0.2) is 0 Å². The Morgan fingerprint density at radius 1 is 0.694 bits per heavy atom. The second-order valence-electron chi connectivity index (χ2n) is 11.2. The molecule has 252 valence electrons. The van der Waals surface area contributed by atoms with E-state index in [4.69, 9.17) is 30.5 Å². The molecule has 2 heterocycles. The van der Waals surface area contributed by atoms with E-state index in [9.17, 15) is 4.79 Å². The molecule has 0 bridgehead atoms. The van der Waals surface area contributed by atoms with E-state index in [0.29, 0.717) is 39.3 Å². The minimum absolute atomic E-state index is 0.162. The quantitative estimate of drug-likeness (QED) is 0.155. The summed E-state index contributed by atoms with van der Waals surface area (Å²) in [6.07, 6.45) is 3.41. The van der Waals surface area contributed by atoms with Gasteiger partial charge < -0.3 is 34.5 Å². The Morgan fingerprint density at radius 3 is 1.92 bits per heavy atom. The van der Waals surface area contributed by atoms with Gasteiger partial charge in [0.2, 0.25) is 0 Å². The number of nitrogens with one attached hydrogen (secondary N) is 2. The SMILES string of the molecule is COc1cc2nccc(Cl)c2cc1OC.COc1cc2nccc(Nc3cc(NC(=O)c4cccc(N(C)C)c4)ccc3C)c2cc1OC. The van der Waals surface area contributed by atoms with E-state index in [1.165, 1.54) is 0 Å². The number of aromatic nitrogens is 2. The molecule has 0 saturated carbocycles. The summed E-state index contributed by atoms with van der Waals surface area (Å²) in [6.45, 7) is 2.02. The number of rotatable bonds is 9. The number of halogens is 1. The summed E-state index contributed by atoms with van der Waals surface area (Å²) in [7, 11) is 10.3. The average Bonchev–Trinajstić information content (AvgIpc) is 3.12. The van der Waals surface area contributed by atoms with Crippen molar-refractivity contribution in [2.45, 2.75) is 6.92 Å². The normalized spacial score (nSPS) is 10.5. The molecule has 4 aromatic carbocycles. The molecule has 10 nitrogen and oxygen atoms in total. The third-order valence-corrected chi connectivity index (χ3v) is 8.16. The van der Waals surface area contributed by atoms with Crippen LogP contribution in [0.3, 0.4) is 0 Å². The van der Waals surface area contributed by atoms with E-state index in [1.54, 1.807) is 59.0 Å². The summed E-state index contributed by atoms with van der Waals surface area (Å²) in [4.78, 5) is 23.5. The Hall–Kier alpha value is -5.74. The van der Waals surface area contributed by atoms with Crippen molar-refractivity contribution >= 4 is 62.1 Å². The van der Waals surface area contributed by atoms with Crippen molar-refractivity contribution in [3.8, 4) is 23.0 Å². The van der Waals surface area contributed by atoms with E-state index >= 15 is 0 Å². The Bertz CT molecular complexity index is 2120. The molecule has 11 heteroatoms. The number of hydrogen-bond acceptors (Lipinski definition) is 9. The maximum atomic E-state index is 12.9. The maximum absolute atomic E-state index is 12.9. The molecule has 0 unspecified atom stereocenters. The van der Waals surface area contributed by atoms with E-state index in [2.05, 4.69) is 20.6 Å². The Morgan fingerprint density at radius 2 is 1.29 bits per heavy atom. The highest BCUT2D eigenvalue weighted by Crippen LogP contribution is 2.36. The second-order valence-corrected chi connectivity index (χ2v) is 11.6. The lowest BCUT2D eigenvalue weighted by molar-refractivity contribution is 0.102. The summed E-state index contributed by atoms with van der Waals surface area (Å²) in [5.41, 5.74) is 6.63. The zero-order chi connectivity index (χ0) is 35.1. The van der Waals surface area contributed by atoms with Crippen LogP contribution in [0.4, 0.5) is 22.7 Å². The minimum atomic E-state index is -0.162. The third kappa shape index (κ3) is 7.88. The molecule has 1 amide bonds. The fraction of sp³-hybridized carbons (Fsp3) is 0.184. The highest BCUT2D eigenvalue weighted by atomic mass is 35.5. The Labute approximate surface area is 290 Å². The lowest BCUT2D eigenvalue weighted by atomic mass is 10.1. The fourth-order valence-corrected chi connectivity index (χ4v) is 5.34. The van der Waals surface area contributed by atoms with Crippen LogP contribution < -0.4 is 34.5 Å². The molecule has 0 aliphatic carbocycles. The molecule has 2 aromatic heterocycles. The van der Waals surface area contributed by atoms with Gasteiger partial charge in [-0.15, -0.1) is 0 Å². The summed E-state index contributed by atoms with van der Waals surface area (Å²) < 4.78 is 21.2. The number of anilines is 4. The van der Waals surface area contributed by atoms with Crippen molar-refractivity contribution in [2.75, 3.05) is 58.1 Å². The van der Waals surface area contributed by atoms with Crippen molar-refractivity contribution in [3.05, 3.63) is 107 Å². The molecule has 6 aromatic rings. The number of pyridine rings is 2. The first-order valence-electron chi connectivity index (χ1n) is 15.3. The maximum Gasteiger partial charge on any atom is 0.255 e. The van der Waals surface area contributed by atoms with Gasteiger partial charge in [0.05, 0.1) is 44.5 Å². The first-order valence-corrected chi connectivity index (χ1v) is 15.7. The summed E-state index contributed by atoms with van der Waals surface area (Å²) in [5, 5.41) is 8.90. The van der Waals surface area contributed by atoms with Gasteiger partial charge in [-0.05, 0) is 67.1 Å². The first kappa shape index (κ1) is 34.6. The topological polar surface area (TPSA) is 107 Å². The number of fused-ring (bicyclic) bond motifs is 2. The van der Waals surface area contributed by atoms with Crippen molar-refractivity contribution in [1.82, 2.24) is 9.97 Å². The van der Waals surface area contributed by atoms with Crippen LogP contribution in [0.2, 0.25) is 5.02 Å². The Kier molecular flexibility index (Phi) is 10.9. The number of carbonyl (C=O) groups is 1. The van der Waals surface area contributed by atoms with Crippen molar-refractivity contribution in [1.29, 1.82) is 0 Å². The predicted molar refractivity (Wildman–Crippen MR) is 198 cm³/mol. The molecule has 0 aliphatic rings. The monoisotopic (exact) mass is 679 g/mol. The van der Waals surface area contributed by atoms with Gasteiger partial charge in [0, 0.05) is 77.7 Å². The van der Waals surface area contributed by atoms with E-state index in [1.807, 2.05) is 86.6 Å². The van der Waals surface area contributed by atoms with E-state index < -0.39 is 0 Å². The van der Waals surface area contributed by atoms with E-state index in [-0.39, 0.29) is 5.91 Å². The predicted octanol–water partition coefficient (Wildman–Crippen LogP) is 8.53. The van der Waals surface area contributed by atoms with Crippen LogP contribution in [0, 0.1) is 6.92 Å². The lowest BCUT2D eigenvalue weighted by Gasteiger charge is -2.16. The smallest absolute Gasteiger partial charge is 0.255 e. The average molecular weight is 680 g/mol. The largest absolute Gasteiger partial charge is 0.493 e. The minimum Gasteiger partial charge on any atom is -0.493 e. The second kappa shape index (κ2) is 15.4. The lowest BCUT2D eigenvalue weighted by Crippen LogP contribution is -2.14.